The molecule has 86 valence electrons. The minimum absolute atomic E-state index is 0.00311. The number of allylic oxidation sites excluding steroid dienone is 3. The summed E-state index contributed by atoms with van der Waals surface area (Å²) >= 11 is 0. The molecule has 0 aromatic rings. The molecule has 1 saturated heterocycles. The molecule has 0 radical (unpaired) electrons. The number of nitrogens with zero attached hydrogens (tertiary/aromatic N) is 1. The van der Waals surface area contributed by atoms with Crippen molar-refractivity contribution in [1.82, 2.24) is 4.90 Å². The van der Waals surface area contributed by atoms with E-state index in [4.69, 9.17) is 0 Å². The molecule has 0 spiro atoms. The van der Waals surface area contributed by atoms with Gasteiger partial charge in [-0.3, -0.25) is 14.5 Å². The van der Waals surface area contributed by atoms with Gasteiger partial charge in [-0.1, -0.05) is 23.8 Å². The highest BCUT2D eigenvalue weighted by Crippen LogP contribution is 2.17. The number of amides is 2. The fourth-order valence-corrected chi connectivity index (χ4v) is 2.14. The quantitative estimate of drug-likeness (QED) is 0.682. The van der Waals surface area contributed by atoms with Crippen LogP contribution in [0.4, 0.5) is 0 Å². The fraction of sp³-hybridized carbons (Fsp3) is 0.538. The van der Waals surface area contributed by atoms with E-state index in [0.717, 1.165) is 25.7 Å². The van der Waals surface area contributed by atoms with E-state index >= 15 is 0 Å². The Kier molecular flexibility index (Phi) is 3.54. The van der Waals surface area contributed by atoms with Crippen LogP contribution in [0.5, 0.6) is 0 Å². The van der Waals surface area contributed by atoms with E-state index < -0.39 is 0 Å². The fourth-order valence-electron chi connectivity index (χ4n) is 2.14. The summed E-state index contributed by atoms with van der Waals surface area (Å²) in [6.07, 6.45) is 11.2. The summed E-state index contributed by atoms with van der Waals surface area (Å²) in [6.45, 7) is 0.549. The Morgan fingerprint density at radius 3 is 2.50 bits per heavy atom. The van der Waals surface area contributed by atoms with Crippen molar-refractivity contribution in [2.24, 2.45) is 0 Å². The van der Waals surface area contributed by atoms with Crippen LogP contribution in [0.25, 0.3) is 0 Å². The van der Waals surface area contributed by atoms with Crippen LogP contribution >= 0.6 is 0 Å². The maximum atomic E-state index is 11.5. The van der Waals surface area contributed by atoms with Crippen LogP contribution in [0, 0.1) is 0 Å². The van der Waals surface area contributed by atoms with Gasteiger partial charge in [0.15, 0.2) is 0 Å². The highest BCUT2D eigenvalue weighted by molar-refractivity contribution is 5.97. The minimum atomic E-state index is -0.00311. The summed E-state index contributed by atoms with van der Waals surface area (Å²) in [4.78, 5) is 24.5. The number of hydrogen-bond donors (Lipinski definition) is 0. The van der Waals surface area contributed by atoms with Crippen LogP contribution in [-0.2, 0) is 9.59 Å². The molecule has 16 heavy (non-hydrogen) atoms. The Bertz CT molecular complexity index is 339. The molecule has 2 rings (SSSR count). The molecule has 1 fully saturated rings. The maximum Gasteiger partial charge on any atom is 0.229 e. The normalized spacial score (nSPS) is 21.2. The predicted octanol–water partition coefficient (Wildman–Crippen LogP) is 2.19. The molecule has 0 aromatic carbocycles. The van der Waals surface area contributed by atoms with Crippen molar-refractivity contribution >= 4 is 11.8 Å². The summed E-state index contributed by atoms with van der Waals surface area (Å²) in [5.74, 6) is -0.00622. The van der Waals surface area contributed by atoms with Crippen molar-refractivity contribution in [2.45, 2.75) is 38.5 Å². The van der Waals surface area contributed by atoms with Crippen LogP contribution in [0.1, 0.15) is 38.5 Å². The third-order valence-electron chi connectivity index (χ3n) is 3.08. The van der Waals surface area contributed by atoms with E-state index in [0.29, 0.717) is 19.4 Å². The van der Waals surface area contributed by atoms with Crippen molar-refractivity contribution in [3.63, 3.8) is 0 Å². The van der Waals surface area contributed by atoms with Crippen molar-refractivity contribution in [2.75, 3.05) is 6.54 Å². The van der Waals surface area contributed by atoms with Gasteiger partial charge in [0.2, 0.25) is 11.8 Å². The molecule has 2 amide bonds. The first kappa shape index (κ1) is 11.1. The van der Waals surface area contributed by atoms with Gasteiger partial charge in [0.25, 0.3) is 0 Å². The van der Waals surface area contributed by atoms with E-state index in [1.54, 1.807) is 0 Å². The van der Waals surface area contributed by atoms with E-state index in [2.05, 4.69) is 18.2 Å². The van der Waals surface area contributed by atoms with Gasteiger partial charge in [0.1, 0.15) is 0 Å². The van der Waals surface area contributed by atoms with Crippen LogP contribution in [0.2, 0.25) is 0 Å². The molecular weight excluding hydrogens is 202 g/mol. The third kappa shape index (κ3) is 2.60. The number of imide groups is 1. The maximum absolute atomic E-state index is 11.5. The number of hydrogen-bond acceptors (Lipinski definition) is 2. The number of rotatable bonds is 3. The lowest BCUT2D eigenvalue weighted by Gasteiger charge is -2.25. The molecule has 1 heterocycles. The molecule has 1 aliphatic carbocycles. The first-order valence-electron chi connectivity index (χ1n) is 5.96. The lowest BCUT2D eigenvalue weighted by atomic mass is 10.0. The van der Waals surface area contributed by atoms with Gasteiger partial charge in [0.05, 0.1) is 0 Å². The van der Waals surface area contributed by atoms with Crippen LogP contribution in [-0.4, -0.2) is 23.3 Å². The van der Waals surface area contributed by atoms with Gasteiger partial charge in [-0.15, -0.1) is 0 Å². The smallest absolute Gasteiger partial charge is 0.229 e. The van der Waals surface area contributed by atoms with Crippen molar-refractivity contribution in [3.8, 4) is 0 Å². The molecule has 0 N–H and O–H groups in total. The molecule has 3 heteroatoms. The molecule has 2 aliphatic rings. The summed E-state index contributed by atoms with van der Waals surface area (Å²) < 4.78 is 0. The van der Waals surface area contributed by atoms with Crippen molar-refractivity contribution < 1.29 is 9.59 Å². The molecular formula is C13H17NO2. The Balaban J connectivity index is 1.88. The van der Waals surface area contributed by atoms with E-state index in [1.807, 2.05) is 0 Å². The average Bonchev–Trinajstić information content (AvgIpc) is 2.30. The average molecular weight is 219 g/mol. The molecule has 0 bridgehead atoms. The summed E-state index contributed by atoms with van der Waals surface area (Å²) in [5, 5.41) is 0. The highest BCUT2D eigenvalue weighted by atomic mass is 16.2. The van der Waals surface area contributed by atoms with Gasteiger partial charge >= 0.3 is 0 Å². The minimum Gasteiger partial charge on any atom is -0.282 e. The molecule has 0 atom stereocenters. The second-order valence-corrected chi connectivity index (χ2v) is 4.30. The zero-order valence-electron chi connectivity index (χ0n) is 9.45. The summed E-state index contributed by atoms with van der Waals surface area (Å²) in [7, 11) is 0. The zero-order chi connectivity index (χ0) is 11.4. The summed E-state index contributed by atoms with van der Waals surface area (Å²) in [6, 6.07) is 0. The lowest BCUT2D eigenvalue weighted by molar-refractivity contribution is -0.147. The SMILES string of the molecule is O=C1CCCC(=O)N1CCC1=CCCC=C1. The lowest BCUT2D eigenvalue weighted by Crippen LogP contribution is -2.40. The standard InChI is InChI=1S/C13H17NO2/c15-12-7-4-8-13(16)14(12)10-9-11-5-2-1-3-6-11/h2,5-6H,1,3-4,7-10H2. The van der Waals surface area contributed by atoms with Gasteiger partial charge in [-0.2, -0.15) is 0 Å². The third-order valence-corrected chi connectivity index (χ3v) is 3.08. The van der Waals surface area contributed by atoms with Gasteiger partial charge < -0.3 is 0 Å². The molecule has 0 saturated carbocycles. The second kappa shape index (κ2) is 5.10. The second-order valence-electron chi connectivity index (χ2n) is 4.30. The van der Waals surface area contributed by atoms with Crippen LogP contribution < -0.4 is 0 Å². The van der Waals surface area contributed by atoms with E-state index in [1.165, 1.54) is 10.5 Å². The van der Waals surface area contributed by atoms with Crippen LogP contribution in [0.3, 0.4) is 0 Å². The van der Waals surface area contributed by atoms with Gasteiger partial charge in [0, 0.05) is 19.4 Å². The molecule has 3 nitrogen and oxygen atoms in total. The Morgan fingerprint density at radius 2 is 1.88 bits per heavy atom. The Labute approximate surface area is 95.8 Å². The molecule has 1 aliphatic heterocycles. The van der Waals surface area contributed by atoms with Gasteiger partial charge in [-0.05, 0) is 25.7 Å². The zero-order valence-corrected chi connectivity index (χ0v) is 9.45. The summed E-state index contributed by atoms with van der Waals surface area (Å²) in [5.41, 5.74) is 1.25. The Morgan fingerprint density at radius 1 is 1.12 bits per heavy atom. The first-order chi connectivity index (χ1) is 7.77. The topological polar surface area (TPSA) is 37.4 Å². The molecule has 0 aromatic heterocycles. The van der Waals surface area contributed by atoms with Crippen molar-refractivity contribution in [3.05, 3.63) is 23.8 Å². The number of carbonyl (C=O) groups excluding carboxylic acids is 2. The van der Waals surface area contributed by atoms with E-state index in [9.17, 15) is 9.59 Å². The van der Waals surface area contributed by atoms with Gasteiger partial charge in [-0.25, -0.2) is 0 Å². The monoisotopic (exact) mass is 219 g/mol. The highest BCUT2D eigenvalue weighted by Gasteiger charge is 2.25. The number of piperidine rings is 1. The largest absolute Gasteiger partial charge is 0.282 e. The predicted molar refractivity (Wildman–Crippen MR) is 61.6 cm³/mol. The molecule has 0 unspecified atom stereocenters. The first-order valence-corrected chi connectivity index (χ1v) is 5.96. The Hall–Kier alpha value is -1.38. The number of carbonyl (C=O) groups is 2. The van der Waals surface area contributed by atoms with E-state index in [-0.39, 0.29) is 11.8 Å². The van der Waals surface area contributed by atoms with Crippen LogP contribution in [0.15, 0.2) is 23.8 Å². The van der Waals surface area contributed by atoms with Crippen molar-refractivity contribution in [1.29, 1.82) is 0 Å². The number of likely N-dealkylation sites (tertiary alicyclic amines) is 1.